The number of fused-ring (bicyclic) bond motifs is 1. The number of aromatic nitrogens is 3. The maximum Gasteiger partial charge on any atom is 0.154 e. The van der Waals surface area contributed by atoms with Crippen LogP contribution >= 0.6 is 0 Å². The van der Waals surface area contributed by atoms with Crippen molar-refractivity contribution >= 4 is 11.3 Å². The number of piperazine rings is 1. The fourth-order valence-corrected chi connectivity index (χ4v) is 5.65. The van der Waals surface area contributed by atoms with Crippen molar-refractivity contribution in [2.75, 3.05) is 51.3 Å². The molecule has 4 heterocycles. The summed E-state index contributed by atoms with van der Waals surface area (Å²) in [5, 5.41) is 8.26. The first-order chi connectivity index (χ1) is 14.8. The lowest BCUT2D eigenvalue weighted by atomic mass is 9.89. The van der Waals surface area contributed by atoms with Gasteiger partial charge >= 0.3 is 0 Å². The Labute approximate surface area is 179 Å². The molecule has 0 aromatic carbocycles. The second kappa shape index (κ2) is 9.20. The molecule has 3 aliphatic rings. The van der Waals surface area contributed by atoms with Gasteiger partial charge in [-0.3, -0.25) is 4.90 Å². The molecule has 0 spiro atoms. The molecule has 3 fully saturated rings. The zero-order chi connectivity index (χ0) is 20.3. The van der Waals surface area contributed by atoms with Crippen LogP contribution in [0, 0.1) is 0 Å². The van der Waals surface area contributed by atoms with Crippen LogP contribution in [0.5, 0.6) is 0 Å². The molecule has 1 N–H and O–H groups in total. The van der Waals surface area contributed by atoms with Crippen molar-refractivity contribution in [1.82, 2.24) is 24.4 Å². The van der Waals surface area contributed by atoms with Crippen LogP contribution < -0.4 is 5.32 Å². The molecule has 2 aromatic rings. The summed E-state index contributed by atoms with van der Waals surface area (Å²) < 4.78 is 7.57. The van der Waals surface area contributed by atoms with Crippen LogP contribution in [0.25, 0.3) is 5.52 Å². The molecule has 0 bridgehead atoms. The van der Waals surface area contributed by atoms with Crippen molar-refractivity contribution in [2.24, 2.45) is 0 Å². The van der Waals surface area contributed by atoms with E-state index in [1.807, 2.05) is 4.52 Å². The molecule has 2 aromatic heterocycles. The largest absolute Gasteiger partial charge is 0.381 e. The first-order valence-electron chi connectivity index (χ1n) is 11.9. The Morgan fingerprint density at radius 3 is 2.53 bits per heavy atom. The molecular weight excluding hydrogens is 376 g/mol. The van der Waals surface area contributed by atoms with E-state index in [0.29, 0.717) is 12.0 Å². The second-order valence-corrected chi connectivity index (χ2v) is 9.18. The lowest BCUT2D eigenvalue weighted by molar-refractivity contribution is 0.0800. The smallest absolute Gasteiger partial charge is 0.154 e. The highest BCUT2D eigenvalue weighted by molar-refractivity contribution is 5.73. The van der Waals surface area contributed by atoms with Gasteiger partial charge in [-0.2, -0.15) is 5.10 Å². The molecule has 30 heavy (non-hydrogen) atoms. The number of hydrogen-bond acceptors (Lipinski definition) is 6. The molecule has 2 aliphatic heterocycles. The Bertz CT molecular complexity index is 816. The third kappa shape index (κ3) is 4.20. The van der Waals surface area contributed by atoms with Gasteiger partial charge < -0.3 is 15.0 Å². The van der Waals surface area contributed by atoms with Crippen molar-refractivity contribution < 1.29 is 4.74 Å². The summed E-state index contributed by atoms with van der Waals surface area (Å²) >= 11 is 0. The number of anilines is 1. The zero-order valence-corrected chi connectivity index (χ0v) is 18.3. The molecular formula is C23H36N6O. The summed E-state index contributed by atoms with van der Waals surface area (Å²) in [6, 6.07) is 3.51. The molecule has 1 saturated carbocycles. The van der Waals surface area contributed by atoms with E-state index in [1.165, 1.54) is 69.5 Å². The van der Waals surface area contributed by atoms with Crippen LogP contribution in [-0.4, -0.2) is 82.4 Å². The Morgan fingerprint density at radius 2 is 1.80 bits per heavy atom. The first-order valence-corrected chi connectivity index (χ1v) is 11.9. The predicted octanol–water partition coefficient (Wildman–Crippen LogP) is 2.98. The lowest BCUT2D eigenvalue weighted by Gasteiger charge is -2.42. The third-order valence-corrected chi connectivity index (χ3v) is 7.55. The number of ether oxygens (including phenoxy) is 1. The summed E-state index contributed by atoms with van der Waals surface area (Å²) in [4.78, 5) is 9.97. The highest BCUT2D eigenvalue weighted by Crippen LogP contribution is 2.34. The van der Waals surface area contributed by atoms with Gasteiger partial charge in [-0.1, -0.05) is 6.92 Å². The molecule has 7 heteroatoms. The van der Waals surface area contributed by atoms with Crippen molar-refractivity contribution in [1.29, 1.82) is 0 Å². The Kier molecular flexibility index (Phi) is 6.20. The monoisotopic (exact) mass is 412 g/mol. The first kappa shape index (κ1) is 20.2. The van der Waals surface area contributed by atoms with Gasteiger partial charge in [-0.05, 0) is 62.6 Å². The van der Waals surface area contributed by atoms with Crippen LogP contribution in [0.1, 0.15) is 56.9 Å². The molecule has 0 atom stereocenters. The van der Waals surface area contributed by atoms with E-state index in [1.54, 1.807) is 6.33 Å². The van der Waals surface area contributed by atoms with Crippen LogP contribution in [0.2, 0.25) is 0 Å². The van der Waals surface area contributed by atoms with Crippen molar-refractivity contribution in [3.05, 3.63) is 24.2 Å². The molecule has 7 nitrogen and oxygen atoms in total. The highest BCUT2D eigenvalue weighted by atomic mass is 16.5. The maximum atomic E-state index is 5.57. The molecule has 164 valence electrons. The molecule has 0 radical (unpaired) electrons. The second-order valence-electron chi connectivity index (χ2n) is 9.18. The average Bonchev–Trinajstić information content (AvgIpc) is 3.26. The van der Waals surface area contributed by atoms with Gasteiger partial charge in [0.25, 0.3) is 0 Å². The fourth-order valence-electron chi connectivity index (χ4n) is 5.65. The summed E-state index contributed by atoms with van der Waals surface area (Å²) in [7, 11) is 0. The Hall–Kier alpha value is -1.70. The van der Waals surface area contributed by atoms with Gasteiger partial charge in [0, 0.05) is 57.7 Å². The lowest BCUT2D eigenvalue weighted by Crippen LogP contribution is -2.51. The quantitative estimate of drug-likeness (QED) is 0.815. The average molecular weight is 413 g/mol. The van der Waals surface area contributed by atoms with Gasteiger partial charge in [0.15, 0.2) is 5.82 Å². The summed E-state index contributed by atoms with van der Waals surface area (Å²) in [6.07, 6.45) is 11.0. The van der Waals surface area contributed by atoms with Crippen LogP contribution in [0.4, 0.5) is 5.82 Å². The van der Waals surface area contributed by atoms with Gasteiger partial charge in [0.05, 0.1) is 0 Å². The number of nitrogens with zero attached hydrogens (tertiary/aromatic N) is 5. The third-order valence-electron chi connectivity index (χ3n) is 7.55. The van der Waals surface area contributed by atoms with Crippen LogP contribution in [-0.2, 0) is 4.74 Å². The SMILES string of the molecule is CCN1CCN([C@H]2CC[C@@H](Nc3ncnn4ccc(C5CCOCC5)c34)CC2)CC1. The molecule has 2 saturated heterocycles. The fraction of sp³-hybridized carbons (Fsp3) is 0.739. The van der Waals surface area contributed by atoms with E-state index >= 15 is 0 Å². The number of nitrogens with one attached hydrogen (secondary N) is 1. The van der Waals surface area contributed by atoms with E-state index in [-0.39, 0.29) is 0 Å². The van der Waals surface area contributed by atoms with Crippen LogP contribution in [0.15, 0.2) is 18.6 Å². The van der Waals surface area contributed by atoms with E-state index in [9.17, 15) is 0 Å². The predicted molar refractivity (Wildman–Crippen MR) is 119 cm³/mol. The van der Waals surface area contributed by atoms with Gasteiger partial charge in [0.1, 0.15) is 11.8 Å². The number of hydrogen-bond donors (Lipinski definition) is 1. The minimum Gasteiger partial charge on any atom is -0.381 e. The Balaban J connectivity index is 1.23. The van der Waals surface area contributed by atoms with Gasteiger partial charge in [0.2, 0.25) is 0 Å². The highest BCUT2D eigenvalue weighted by Gasteiger charge is 2.29. The normalized spacial score (nSPS) is 27.5. The van der Waals surface area contributed by atoms with E-state index in [4.69, 9.17) is 4.74 Å². The molecule has 1 aliphatic carbocycles. The summed E-state index contributed by atoms with van der Waals surface area (Å²) in [6.45, 7) is 10.1. The Morgan fingerprint density at radius 1 is 1.03 bits per heavy atom. The van der Waals surface area contributed by atoms with Crippen molar-refractivity contribution in [2.45, 2.75) is 63.5 Å². The van der Waals surface area contributed by atoms with Gasteiger partial charge in [-0.25, -0.2) is 9.50 Å². The minimum atomic E-state index is 0.509. The van der Waals surface area contributed by atoms with E-state index < -0.39 is 0 Å². The van der Waals surface area contributed by atoms with E-state index in [2.05, 4.69) is 44.4 Å². The van der Waals surface area contributed by atoms with Crippen LogP contribution in [0.3, 0.4) is 0 Å². The zero-order valence-electron chi connectivity index (χ0n) is 18.3. The molecule has 0 unspecified atom stereocenters. The maximum absolute atomic E-state index is 5.57. The number of rotatable bonds is 5. The molecule has 0 amide bonds. The number of likely N-dealkylation sites (N-methyl/N-ethyl adjacent to an activating group) is 1. The topological polar surface area (TPSA) is 57.9 Å². The van der Waals surface area contributed by atoms with Crippen molar-refractivity contribution in [3.8, 4) is 0 Å². The van der Waals surface area contributed by atoms with E-state index in [0.717, 1.165) is 37.9 Å². The summed E-state index contributed by atoms with van der Waals surface area (Å²) in [5.74, 6) is 1.56. The van der Waals surface area contributed by atoms with Gasteiger partial charge in [-0.15, -0.1) is 0 Å². The molecule has 5 rings (SSSR count). The standard InChI is InChI=1S/C23H36N6O/c1-2-27-11-13-28(14-12-27)20-5-3-19(4-6-20)26-23-22-21(18-8-15-30-16-9-18)7-10-29(22)25-17-24-23/h7,10,17-20H,2-6,8-9,11-16H2,1H3,(H,24,25,26)/t19-,20+. The van der Waals surface area contributed by atoms with Crippen molar-refractivity contribution in [3.63, 3.8) is 0 Å². The minimum absolute atomic E-state index is 0.509. The summed E-state index contributed by atoms with van der Waals surface area (Å²) in [5.41, 5.74) is 2.55.